The molecule has 0 bridgehead atoms. The molecule has 3 saturated carbocycles. The van der Waals surface area contributed by atoms with Crippen LogP contribution in [0.3, 0.4) is 0 Å². The van der Waals surface area contributed by atoms with Gasteiger partial charge in [-0.1, -0.05) is 0 Å². The normalized spacial score (nSPS) is 68.3. The Morgan fingerprint density at radius 1 is 1.22 bits per heavy atom. The Labute approximate surface area is 55.6 Å². The predicted molar refractivity (Wildman–Crippen MR) is 35.9 cm³/mol. The highest BCUT2D eigenvalue weighted by Gasteiger charge is 2.73. The van der Waals surface area contributed by atoms with E-state index in [2.05, 4.69) is 0 Å². The monoisotopic (exact) mass is 123 g/mol. The maximum Gasteiger partial charge on any atom is 0.0214 e. The molecule has 2 N–H and O–H groups in total. The molecule has 0 aromatic carbocycles. The highest BCUT2D eigenvalue weighted by atomic mass is 14.9. The first kappa shape index (κ1) is 4.73. The molecule has 1 heteroatoms. The Kier molecular flexibility index (Phi) is 0.508. The van der Waals surface area contributed by atoms with Gasteiger partial charge >= 0.3 is 0 Å². The van der Waals surface area contributed by atoms with Gasteiger partial charge in [0.25, 0.3) is 0 Å². The van der Waals surface area contributed by atoms with Crippen LogP contribution in [0.1, 0.15) is 32.1 Å². The van der Waals surface area contributed by atoms with E-state index >= 15 is 0 Å². The van der Waals surface area contributed by atoms with E-state index in [1.165, 1.54) is 32.1 Å². The average Bonchev–Trinajstić information content (AvgIpc) is 2.52. The zero-order chi connectivity index (χ0) is 6.11. The van der Waals surface area contributed by atoms with Crippen molar-refractivity contribution >= 4 is 0 Å². The van der Waals surface area contributed by atoms with Crippen LogP contribution in [0.15, 0.2) is 0 Å². The summed E-state index contributed by atoms with van der Waals surface area (Å²) in [5.41, 5.74) is 7.24. The van der Waals surface area contributed by atoms with E-state index in [1.54, 1.807) is 0 Å². The molecule has 0 saturated heterocycles. The molecule has 0 amide bonds. The van der Waals surface area contributed by atoms with Gasteiger partial charge in [-0.2, -0.15) is 0 Å². The van der Waals surface area contributed by atoms with Gasteiger partial charge in [0.05, 0.1) is 0 Å². The van der Waals surface area contributed by atoms with Gasteiger partial charge in [0.2, 0.25) is 0 Å². The maximum atomic E-state index is 6.18. The van der Waals surface area contributed by atoms with E-state index in [0.717, 1.165) is 5.92 Å². The lowest BCUT2D eigenvalue weighted by Gasteiger charge is -2.45. The van der Waals surface area contributed by atoms with Crippen LogP contribution in [0.4, 0.5) is 0 Å². The van der Waals surface area contributed by atoms with Crippen LogP contribution >= 0.6 is 0 Å². The third-order valence-electron chi connectivity index (χ3n) is 4.18. The number of hydrogen-bond donors (Lipinski definition) is 1. The molecule has 0 heterocycles. The van der Waals surface area contributed by atoms with E-state index in [0.29, 0.717) is 11.0 Å². The van der Waals surface area contributed by atoms with E-state index in [9.17, 15) is 0 Å². The molecule has 3 aliphatic rings. The van der Waals surface area contributed by atoms with Crippen LogP contribution < -0.4 is 5.73 Å². The van der Waals surface area contributed by atoms with Crippen LogP contribution in [-0.4, -0.2) is 5.54 Å². The Morgan fingerprint density at radius 2 is 2.11 bits per heavy atom. The van der Waals surface area contributed by atoms with Gasteiger partial charge in [-0.15, -0.1) is 0 Å². The Hall–Kier alpha value is -0.0400. The molecular formula is C8H13N. The second-order valence-corrected chi connectivity index (χ2v) is 4.25. The molecule has 0 aromatic heterocycles. The number of nitrogens with two attached hydrogens (primary N) is 1. The summed E-state index contributed by atoms with van der Waals surface area (Å²) in [5, 5.41) is 0. The number of hydrogen-bond acceptors (Lipinski definition) is 1. The van der Waals surface area contributed by atoms with Crippen molar-refractivity contribution < 1.29 is 0 Å². The van der Waals surface area contributed by atoms with E-state index < -0.39 is 0 Å². The maximum absolute atomic E-state index is 6.18. The fourth-order valence-electron chi connectivity index (χ4n) is 3.25. The van der Waals surface area contributed by atoms with Crippen molar-refractivity contribution in [2.75, 3.05) is 0 Å². The molecule has 9 heavy (non-hydrogen) atoms. The summed E-state index contributed by atoms with van der Waals surface area (Å²) in [5.74, 6) is 1.07. The first-order valence-corrected chi connectivity index (χ1v) is 4.06. The Balaban J connectivity index is 2.07. The summed E-state index contributed by atoms with van der Waals surface area (Å²) in [6.07, 6.45) is 7.02. The van der Waals surface area contributed by atoms with Crippen molar-refractivity contribution in [3.05, 3.63) is 0 Å². The van der Waals surface area contributed by atoms with E-state index in [4.69, 9.17) is 5.73 Å². The van der Waals surface area contributed by atoms with E-state index in [1.807, 2.05) is 0 Å². The predicted octanol–water partition coefficient (Wildman–Crippen LogP) is 1.28. The van der Waals surface area contributed by atoms with Crippen LogP contribution in [0.5, 0.6) is 0 Å². The largest absolute Gasteiger partial charge is 0.325 e. The standard InChI is InChI=1S/C8H13N/c9-8-2-1-6-5-7(6,8)3-4-8/h6H,1-5,9H2. The summed E-state index contributed by atoms with van der Waals surface area (Å²) in [4.78, 5) is 0. The van der Waals surface area contributed by atoms with Gasteiger partial charge in [0.1, 0.15) is 0 Å². The summed E-state index contributed by atoms with van der Waals surface area (Å²) < 4.78 is 0. The van der Waals surface area contributed by atoms with Gasteiger partial charge in [-0.05, 0) is 43.4 Å². The van der Waals surface area contributed by atoms with Crippen LogP contribution in [0.2, 0.25) is 0 Å². The quantitative estimate of drug-likeness (QED) is 0.516. The summed E-state index contributed by atoms with van der Waals surface area (Å²) in [7, 11) is 0. The lowest BCUT2D eigenvalue weighted by Crippen LogP contribution is -2.54. The third kappa shape index (κ3) is 0.295. The zero-order valence-electron chi connectivity index (χ0n) is 5.69. The van der Waals surface area contributed by atoms with Crippen LogP contribution in [0, 0.1) is 11.3 Å². The summed E-state index contributed by atoms with van der Waals surface area (Å²) in [6.45, 7) is 0. The van der Waals surface area contributed by atoms with Crippen molar-refractivity contribution in [1.29, 1.82) is 0 Å². The molecule has 0 aliphatic heterocycles. The summed E-state index contributed by atoms with van der Waals surface area (Å²) >= 11 is 0. The summed E-state index contributed by atoms with van der Waals surface area (Å²) in [6, 6.07) is 0. The topological polar surface area (TPSA) is 26.0 Å². The molecule has 1 nitrogen and oxygen atoms in total. The average molecular weight is 123 g/mol. The van der Waals surface area contributed by atoms with Crippen molar-refractivity contribution in [3.63, 3.8) is 0 Å². The molecule has 0 aromatic rings. The Morgan fingerprint density at radius 3 is 2.33 bits per heavy atom. The zero-order valence-corrected chi connectivity index (χ0v) is 5.69. The highest BCUT2D eigenvalue weighted by Crippen LogP contribution is 2.76. The molecule has 1 spiro atoms. The second kappa shape index (κ2) is 0.968. The Bertz CT molecular complexity index is 167. The second-order valence-electron chi connectivity index (χ2n) is 4.25. The van der Waals surface area contributed by atoms with Gasteiger partial charge < -0.3 is 5.73 Å². The number of rotatable bonds is 0. The molecule has 3 rings (SSSR count). The van der Waals surface area contributed by atoms with Crippen molar-refractivity contribution in [2.45, 2.75) is 37.6 Å². The minimum absolute atomic E-state index is 0.345. The molecule has 0 radical (unpaired) electrons. The SMILES string of the molecule is NC12CCC3CC31CC2. The van der Waals surface area contributed by atoms with Gasteiger partial charge in [-0.3, -0.25) is 0 Å². The van der Waals surface area contributed by atoms with Crippen molar-refractivity contribution in [1.82, 2.24) is 0 Å². The van der Waals surface area contributed by atoms with Crippen molar-refractivity contribution in [2.24, 2.45) is 17.1 Å². The third-order valence-corrected chi connectivity index (χ3v) is 4.18. The van der Waals surface area contributed by atoms with Gasteiger partial charge in [-0.25, -0.2) is 0 Å². The van der Waals surface area contributed by atoms with Crippen LogP contribution in [0.25, 0.3) is 0 Å². The van der Waals surface area contributed by atoms with E-state index in [-0.39, 0.29) is 0 Å². The molecule has 3 fully saturated rings. The first-order chi connectivity index (χ1) is 4.27. The fourth-order valence-corrected chi connectivity index (χ4v) is 3.25. The molecule has 3 atom stereocenters. The van der Waals surface area contributed by atoms with Crippen molar-refractivity contribution in [3.8, 4) is 0 Å². The minimum atomic E-state index is 0.345. The minimum Gasteiger partial charge on any atom is -0.325 e. The van der Waals surface area contributed by atoms with Crippen LogP contribution in [-0.2, 0) is 0 Å². The first-order valence-electron chi connectivity index (χ1n) is 4.06. The molecule has 50 valence electrons. The highest BCUT2D eigenvalue weighted by molar-refractivity contribution is 5.27. The smallest absolute Gasteiger partial charge is 0.0214 e. The van der Waals surface area contributed by atoms with Gasteiger partial charge in [0.15, 0.2) is 0 Å². The fraction of sp³-hybridized carbons (Fsp3) is 1.00. The molecular weight excluding hydrogens is 110 g/mol. The lowest BCUT2D eigenvalue weighted by molar-refractivity contribution is 0.117. The molecule has 3 aliphatic carbocycles. The van der Waals surface area contributed by atoms with Gasteiger partial charge in [0, 0.05) is 5.54 Å². The molecule has 3 unspecified atom stereocenters. The lowest BCUT2D eigenvalue weighted by atomic mass is 9.65.